The molecule has 1 aliphatic carbocycles. The number of piperidine rings is 2. The van der Waals surface area contributed by atoms with Crippen molar-refractivity contribution in [3.8, 4) is 0 Å². The van der Waals surface area contributed by atoms with Gasteiger partial charge >= 0.3 is 0 Å². The van der Waals surface area contributed by atoms with Crippen LogP contribution in [0.1, 0.15) is 81.8 Å². The van der Waals surface area contributed by atoms with Gasteiger partial charge in [-0.15, -0.1) is 0 Å². The van der Waals surface area contributed by atoms with Gasteiger partial charge in [-0.2, -0.15) is 4.98 Å². The van der Waals surface area contributed by atoms with Crippen molar-refractivity contribution in [1.29, 1.82) is 0 Å². The fourth-order valence-electron chi connectivity index (χ4n) is 8.15. The van der Waals surface area contributed by atoms with Crippen LogP contribution >= 0.6 is 0 Å². The van der Waals surface area contributed by atoms with Crippen LogP contribution in [0.25, 0.3) is 6.08 Å². The molecule has 1 aromatic heterocycles. The predicted molar refractivity (Wildman–Crippen MR) is 225 cm³/mol. The van der Waals surface area contributed by atoms with E-state index in [1.807, 2.05) is 38.2 Å². The number of anilines is 4. The lowest BCUT2D eigenvalue weighted by molar-refractivity contribution is -0.120. The summed E-state index contributed by atoms with van der Waals surface area (Å²) in [6.07, 6.45) is 17.5. The first kappa shape index (κ1) is 43.2. The van der Waals surface area contributed by atoms with Gasteiger partial charge in [-0.25, -0.2) is 17.8 Å². The van der Waals surface area contributed by atoms with E-state index in [0.717, 1.165) is 113 Å². The molecule has 1 amide bonds. The number of carbonyl (C=O) groups excluding carboxylic acids is 3. The number of aryl methyl sites for hydroxylation is 1. The molecule has 1 aromatic carbocycles. The van der Waals surface area contributed by atoms with Crippen LogP contribution in [-0.2, 0) is 36.7 Å². The smallest absolute Gasteiger partial charge is 0.224 e. The monoisotopic (exact) mass is 793 g/mol. The average Bonchev–Trinajstić information content (AvgIpc) is 3.77. The van der Waals surface area contributed by atoms with Crippen LogP contribution < -0.4 is 25.3 Å². The van der Waals surface area contributed by atoms with Gasteiger partial charge in [0.05, 0.1) is 23.5 Å². The van der Waals surface area contributed by atoms with Crippen LogP contribution in [0.5, 0.6) is 0 Å². The minimum absolute atomic E-state index is 0.0756. The number of hydrogen-bond acceptors (Lipinski definition) is 11. The number of amides is 1. The van der Waals surface area contributed by atoms with Crippen molar-refractivity contribution in [1.82, 2.24) is 23.9 Å². The summed E-state index contributed by atoms with van der Waals surface area (Å²) < 4.78 is 24.1. The molecule has 3 heterocycles. The van der Waals surface area contributed by atoms with Crippen molar-refractivity contribution >= 4 is 58.9 Å². The Morgan fingerprint density at radius 2 is 1.71 bits per heavy atom. The molecule has 3 aliphatic rings. The highest BCUT2D eigenvalue weighted by atomic mass is 32.2. The molecule has 0 bridgehead atoms. The third-order valence-electron chi connectivity index (χ3n) is 11.5. The number of nitrogens with one attached hydrogen (secondary N) is 2. The van der Waals surface area contributed by atoms with Crippen LogP contribution in [0.3, 0.4) is 0 Å². The third-order valence-corrected chi connectivity index (χ3v) is 13.1. The lowest BCUT2D eigenvalue weighted by Gasteiger charge is -2.37. The molecule has 308 valence electrons. The first-order valence-electron chi connectivity index (χ1n) is 20.3. The molecule has 5 rings (SSSR count). The topological polar surface area (TPSA) is 144 Å². The summed E-state index contributed by atoms with van der Waals surface area (Å²) in [6.45, 7) is 3.58. The Hall–Kier alpha value is -3.92. The lowest BCUT2D eigenvalue weighted by atomic mass is 10.0. The molecular formula is C41H63N9O5S. The number of allylic oxidation sites excluding steroid dienone is 1. The number of ether oxygens (including phenoxy) is 1. The number of benzene rings is 1. The van der Waals surface area contributed by atoms with Crippen molar-refractivity contribution in [3.05, 3.63) is 41.6 Å². The number of carbonyl (C=O) groups is 3. The van der Waals surface area contributed by atoms with Crippen LogP contribution in [0, 0.1) is 0 Å². The number of likely N-dealkylation sites (N-methyl/N-ethyl adjacent to an activating group) is 1. The van der Waals surface area contributed by atoms with Gasteiger partial charge in [0, 0.05) is 98.3 Å². The van der Waals surface area contributed by atoms with Crippen LogP contribution in [0.15, 0.2) is 30.5 Å². The number of aromatic nitrogens is 2. The standard InChI is InChI=1S/C41H63N9O5S/c1-42-38(53)18-17-35(30-52)47(4)37-16-8-11-31(39(37)46(2)3)13-10-28-55-36-21-25-50(26-22-36)56(54)49-23-19-33(20-24-49)44-41-43-29-32(12-9-27-51)40(45-41)48(5)34-14-6-7-15-34/h8-9,11-12,16,27,29-30,33-36H,6-7,10,13-15,17-26,28H2,1-5H3,(H,42,53)(H,43,44,45)/b12-9-. The maximum atomic E-state index is 13.6. The summed E-state index contributed by atoms with van der Waals surface area (Å²) >= 11 is -1.18. The normalized spacial score (nSPS) is 18.8. The van der Waals surface area contributed by atoms with E-state index in [-0.39, 0.29) is 18.1 Å². The molecule has 2 atom stereocenters. The Morgan fingerprint density at radius 1 is 1.02 bits per heavy atom. The second-order valence-corrected chi connectivity index (χ2v) is 16.9. The Kier molecular flexibility index (Phi) is 16.6. The number of para-hydroxylation sites is 1. The molecule has 2 unspecified atom stereocenters. The molecule has 0 spiro atoms. The van der Waals surface area contributed by atoms with E-state index in [2.05, 4.69) is 47.1 Å². The molecule has 3 fully saturated rings. The minimum Gasteiger partial charge on any atom is -0.378 e. The largest absolute Gasteiger partial charge is 0.378 e. The molecule has 1 saturated carbocycles. The summed E-state index contributed by atoms with van der Waals surface area (Å²) in [5, 5.41) is 6.17. The first-order chi connectivity index (χ1) is 27.1. The number of hydrogen-bond donors (Lipinski definition) is 2. The zero-order valence-corrected chi connectivity index (χ0v) is 34.8. The van der Waals surface area contributed by atoms with E-state index in [4.69, 9.17) is 9.72 Å². The number of nitrogens with zero attached hydrogens (tertiary/aromatic N) is 7. The van der Waals surface area contributed by atoms with Gasteiger partial charge in [-0.3, -0.25) is 9.59 Å². The van der Waals surface area contributed by atoms with Gasteiger partial charge in [-0.05, 0) is 81.6 Å². The van der Waals surface area contributed by atoms with Gasteiger partial charge in [0.25, 0.3) is 0 Å². The average molecular weight is 794 g/mol. The first-order valence-corrected chi connectivity index (χ1v) is 21.4. The zero-order chi connectivity index (χ0) is 40.0. The van der Waals surface area contributed by atoms with Crippen molar-refractivity contribution in [2.24, 2.45) is 0 Å². The van der Waals surface area contributed by atoms with Crippen molar-refractivity contribution in [3.63, 3.8) is 0 Å². The molecule has 15 heteroatoms. The SMILES string of the molecule is CNC(=O)CCC(C=O)N(C)c1cccc(CCCOC2CCN(S(=O)N3CCC(Nc4ncc(/C=C\C=O)c(N(C)C5CCCC5)n4)CC3)CC2)c1N(C)C. The fraction of sp³-hybridized carbons (Fsp3) is 0.634. The lowest BCUT2D eigenvalue weighted by Crippen LogP contribution is -2.48. The number of aldehydes is 2. The zero-order valence-electron chi connectivity index (χ0n) is 34.0. The molecule has 2 saturated heterocycles. The highest BCUT2D eigenvalue weighted by molar-refractivity contribution is 7.80. The van der Waals surface area contributed by atoms with Gasteiger partial charge in [0.2, 0.25) is 11.9 Å². The molecule has 2 N–H and O–H groups in total. The molecular weight excluding hydrogens is 731 g/mol. The van der Waals surface area contributed by atoms with Crippen LogP contribution in [0.4, 0.5) is 23.1 Å². The van der Waals surface area contributed by atoms with Crippen molar-refractivity contribution in [2.45, 2.75) is 101 Å². The Bertz CT molecular complexity index is 1640. The Labute approximate surface area is 336 Å². The second kappa shape index (κ2) is 21.6. The summed E-state index contributed by atoms with van der Waals surface area (Å²) in [7, 11) is 9.64. The van der Waals surface area contributed by atoms with E-state index in [1.165, 1.54) is 24.5 Å². The maximum Gasteiger partial charge on any atom is 0.224 e. The summed E-state index contributed by atoms with van der Waals surface area (Å²) in [4.78, 5) is 50.6. The third kappa shape index (κ3) is 11.6. The summed E-state index contributed by atoms with van der Waals surface area (Å²) in [5.74, 6) is 1.36. The highest BCUT2D eigenvalue weighted by Crippen LogP contribution is 2.34. The Morgan fingerprint density at radius 3 is 2.36 bits per heavy atom. The van der Waals surface area contributed by atoms with E-state index in [1.54, 1.807) is 19.3 Å². The van der Waals surface area contributed by atoms with Crippen LogP contribution in [-0.4, -0.2) is 134 Å². The van der Waals surface area contributed by atoms with Gasteiger partial charge in [0.1, 0.15) is 18.4 Å². The van der Waals surface area contributed by atoms with Gasteiger partial charge < -0.3 is 34.9 Å². The Balaban J connectivity index is 1.05. The molecule has 0 radical (unpaired) electrons. The van der Waals surface area contributed by atoms with Gasteiger partial charge in [0.15, 0.2) is 11.2 Å². The van der Waals surface area contributed by atoms with E-state index in [0.29, 0.717) is 31.4 Å². The quantitative estimate of drug-likeness (QED) is 0.113. The van der Waals surface area contributed by atoms with Crippen LogP contribution in [0.2, 0.25) is 0 Å². The van der Waals surface area contributed by atoms with E-state index in [9.17, 15) is 18.6 Å². The van der Waals surface area contributed by atoms with Crippen molar-refractivity contribution < 1.29 is 23.3 Å². The molecule has 2 aromatic rings. The van der Waals surface area contributed by atoms with Gasteiger partial charge in [-0.1, -0.05) is 25.0 Å². The second-order valence-electron chi connectivity index (χ2n) is 15.4. The molecule has 2 aliphatic heterocycles. The maximum absolute atomic E-state index is 13.6. The predicted octanol–water partition coefficient (Wildman–Crippen LogP) is 4.23. The highest BCUT2D eigenvalue weighted by Gasteiger charge is 2.31. The molecule has 56 heavy (non-hydrogen) atoms. The minimum atomic E-state index is -1.18. The fourth-order valence-corrected chi connectivity index (χ4v) is 9.52. The van der Waals surface area contributed by atoms with E-state index >= 15 is 0 Å². The summed E-state index contributed by atoms with van der Waals surface area (Å²) in [6, 6.07) is 6.41. The summed E-state index contributed by atoms with van der Waals surface area (Å²) in [5.41, 5.74) is 4.06. The number of rotatable bonds is 20. The molecule has 14 nitrogen and oxygen atoms in total. The van der Waals surface area contributed by atoms with Crippen molar-refractivity contribution in [2.75, 3.05) is 88.0 Å². The van der Waals surface area contributed by atoms with E-state index < -0.39 is 17.2 Å².